The van der Waals surface area contributed by atoms with Gasteiger partial charge in [0.2, 0.25) is 5.91 Å². The van der Waals surface area contributed by atoms with Crippen LogP contribution in [0, 0.1) is 5.92 Å². The summed E-state index contributed by atoms with van der Waals surface area (Å²) >= 11 is 1.18. The number of carbonyl (C=O) groups is 1. The van der Waals surface area contributed by atoms with Crippen molar-refractivity contribution in [3.8, 4) is 0 Å². The molecule has 0 N–H and O–H groups in total. The minimum absolute atomic E-state index is 0.0624. The standard InChI is InChI=1S/C20H23F3N2O3S2/c21-20(22,23)14-6-3-7-15(10-14)25-16-11-30(27,28)12-17(16)29-19(25)24-18(26)9-8-13-4-1-2-5-13/h3,6-7,10,13,16-17H,1-2,4-5,8-9,11-12H2. The maximum absolute atomic E-state index is 13.2. The molecule has 0 radical (unpaired) electrons. The molecule has 1 aromatic rings. The summed E-state index contributed by atoms with van der Waals surface area (Å²) in [6.45, 7) is 0. The number of amidine groups is 1. The largest absolute Gasteiger partial charge is 0.416 e. The quantitative estimate of drug-likeness (QED) is 0.671. The number of hydrogen-bond donors (Lipinski definition) is 0. The van der Waals surface area contributed by atoms with Crippen LogP contribution in [0.2, 0.25) is 0 Å². The fourth-order valence-electron chi connectivity index (χ4n) is 4.49. The Kier molecular flexibility index (Phi) is 5.91. The summed E-state index contributed by atoms with van der Waals surface area (Å²) in [6, 6.07) is 4.23. The Bertz CT molecular complexity index is 956. The van der Waals surface area contributed by atoms with E-state index in [9.17, 15) is 26.4 Å². The van der Waals surface area contributed by atoms with Crippen LogP contribution < -0.4 is 4.90 Å². The topological polar surface area (TPSA) is 66.8 Å². The molecule has 5 nitrogen and oxygen atoms in total. The minimum Gasteiger partial charge on any atom is -0.316 e. The molecule has 1 aliphatic carbocycles. The van der Waals surface area contributed by atoms with Gasteiger partial charge < -0.3 is 4.90 Å². The molecule has 1 amide bonds. The molecule has 3 fully saturated rings. The number of alkyl halides is 3. The lowest BCUT2D eigenvalue weighted by Crippen LogP contribution is -2.37. The number of carbonyl (C=O) groups excluding carboxylic acids is 1. The summed E-state index contributed by atoms with van der Waals surface area (Å²) in [4.78, 5) is 18.2. The molecule has 30 heavy (non-hydrogen) atoms. The van der Waals surface area contributed by atoms with Crippen LogP contribution in [0.1, 0.15) is 44.1 Å². The average Bonchev–Trinajstić information content (AvgIpc) is 3.34. The first-order valence-electron chi connectivity index (χ1n) is 10.1. The third-order valence-corrected chi connectivity index (χ3v) is 9.19. The fraction of sp³-hybridized carbons (Fsp3) is 0.600. The van der Waals surface area contributed by atoms with Crippen molar-refractivity contribution in [3.05, 3.63) is 29.8 Å². The molecule has 1 aromatic carbocycles. The van der Waals surface area contributed by atoms with Crippen molar-refractivity contribution >= 4 is 38.4 Å². The molecular formula is C20H23F3N2O3S2. The third-order valence-electron chi connectivity index (χ3n) is 5.98. The normalized spacial score (nSPS) is 27.7. The Balaban J connectivity index is 1.60. The van der Waals surface area contributed by atoms with Crippen LogP contribution in [0.5, 0.6) is 0 Å². The van der Waals surface area contributed by atoms with Gasteiger partial charge in [-0.05, 0) is 30.5 Å². The summed E-state index contributed by atoms with van der Waals surface area (Å²) in [6.07, 6.45) is 1.17. The van der Waals surface area contributed by atoms with Gasteiger partial charge in [-0.1, -0.05) is 43.5 Å². The lowest BCUT2D eigenvalue weighted by Gasteiger charge is -2.25. The molecule has 2 atom stereocenters. The summed E-state index contributed by atoms with van der Waals surface area (Å²) in [5.74, 6) is 0.0159. The Morgan fingerprint density at radius 2 is 1.93 bits per heavy atom. The predicted molar refractivity (Wildman–Crippen MR) is 111 cm³/mol. The summed E-state index contributed by atoms with van der Waals surface area (Å²) in [7, 11) is -3.28. The molecule has 0 aromatic heterocycles. The summed E-state index contributed by atoms with van der Waals surface area (Å²) < 4.78 is 63.8. The van der Waals surface area contributed by atoms with Gasteiger partial charge in [-0.3, -0.25) is 4.79 Å². The molecular weight excluding hydrogens is 437 g/mol. The smallest absolute Gasteiger partial charge is 0.316 e. The van der Waals surface area contributed by atoms with E-state index >= 15 is 0 Å². The van der Waals surface area contributed by atoms with Crippen molar-refractivity contribution in [2.45, 2.75) is 56.0 Å². The molecule has 10 heteroatoms. The number of nitrogens with zero attached hydrogens (tertiary/aromatic N) is 2. The van der Waals surface area contributed by atoms with Crippen molar-refractivity contribution < 1.29 is 26.4 Å². The van der Waals surface area contributed by atoms with Crippen LogP contribution >= 0.6 is 11.8 Å². The fourth-order valence-corrected chi connectivity index (χ4v) is 8.42. The number of rotatable bonds is 4. The Labute approximate surface area is 178 Å². The first-order chi connectivity index (χ1) is 14.1. The van der Waals surface area contributed by atoms with Crippen LogP contribution in [-0.2, 0) is 20.8 Å². The third kappa shape index (κ3) is 4.69. The lowest BCUT2D eigenvalue weighted by molar-refractivity contribution is -0.137. The second-order valence-electron chi connectivity index (χ2n) is 8.20. The highest BCUT2D eigenvalue weighted by atomic mass is 32.2. The molecule has 164 valence electrons. The van der Waals surface area contributed by atoms with E-state index in [1.807, 2.05) is 0 Å². The van der Waals surface area contributed by atoms with E-state index in [2.05, 4.69) is 4.99 Å². The number of aliphatic imine (C=N–C) groups is 1. The molecule has 1 saturated carbocycles. The van der Waals surface area contributed by atoms with Gasteiger partial charge in [-0.25, -0.2) is 8.42 Å². The number of sulfone groups is 1. The molecule has 3 aliphatic rings. The molecule has 0 bridgehead atoms. The SMILES string of the molecule is O=C(CCC1CCCC1)N=C1SC2CS(=O)(=O)CC2N1c1cccc(C(F)(F)F)c1. The average molecular weight is 461 g/mol. The molecule has 2 saturated heterocycles. The molecule has 4 rings (SSSR count). The maximum atomic E-state index is 13.2. The van der Waals surface area contributed by atoms with Gasteiger partial charge in [0.05, 0.1) is 23.1 Å². The van der Waals surface area contributed by atoms with Gasteiger partial charge in [0, 0.05) is 17.4 Å². The van der Waals surface area contributed by atoms with E-state index in [1.54, 1.807) is 0 Å². The number of hydrogen-bond acceptors (Lipinski definition) is 4. The number of thioether (sulfide) groups is 1. The zero-order valence-corrected chi connectivity index (χ0v) is 17.9. The van der Waals surface area contributed by atoms with Crippen LogP contribution in [0.4, 0.5) is 18.9 Å². The van der Waals surface area contributed by atoms with E-state index in [-0.39, 0.29) is 28.4 Å². The van der Waals surface area contributed by atoms with Crippen LogP contribution in [-0.4, -0.2) is 42.3 Å². The van der Waals surface area contributed by atoms with Gasteiger partial charge in [-0.2, -0.15) is 18.2 Å². The number of amides is 1. The summed E-state index contributed by atoms with van der Waals surface area (Å²) in [5, 5.41) is -0.0402. The second-order valence-corrected chi connectivity index (χ2v) is 11.6. The van der Waals surface area contributed by atoms with Crippen molar-refractivity contribution in [1.82, 2.24) is 0 Å². The van der Waals surface area contributed by atoms with Crippen molar-refractivity contribution in [1.29, 1.82) is 0 Å². The monoisotopic (exact) mass is 460 g/mol. The van der Waals surface area contributed by atoms with E-state index < -0.39 is 27.6 Å². The first-order valence-corrected chi connectivity index (χ1v) is 12.8. The van der Waals surface area contributed by atoms with Crippen LogP contribution in [0.25, 0.3) is 0 Å². The summed E-state index contributed by atoms with van der Waals surface area (Å²) in [5.41, 5.74) is -0.606. The molecule has 2 unspecified atom stereocenters. The van der Waals surface area contributed by atoms with Gasteiger partial charge in [0.25, 0.3) is 0 Å². The van der Waals surface area contributed by atoms with Crippen LogP contribution in [0.15, 0.2) is 29.3 Å². The van der Waals surface area contributed by atoms with E-state index in [1.165, 1.54) is 41.6 Å². The van der Waals surface area contributed by atoms with Crippen molar-refractivity contribution in [2.75, 3.05) is 16.4 Å². The molecule has 2 heterocycles. The van der Waals surface area contributed by atoms with Gasteiger partial charge >= 0.3 is 6.18 Å². The van der Waals surface area contributed by atoms with Gasteiger partial charge in [0.1, 0.15) is 0 Å². The Hall–Kier alpha value is -1.55. The highest BCUT2D eigenvalue weighted by Crippen LogP contribution is 2.42. The molecule has 0 spiro atoms. The highest BCUT2D eigenvalue weighted by Gasteiger charge is 2.49. The van der Waals surface area contributed by atoms with Crippen molar-refractivity contribution in [3.63, 3.8) is 0 Å². The number of benzene rings is 1. The zero-order valence-electron chi connectivity index (χ0n) is 16.3. The maximum Gasteiger partial charge on any atom is 0.416 e. The second kappa shape index (κ2) is 8.18. The predicted octanol–water partition coefficient (Wildman–Crippen LogP) is 4.28. The number of halogens is 3. The van der Waals surface area contributed by atoms with Gasteiger partial charge in [-0.15, -0.1) is 0 Å². The zero-order chi connectivity index (χ0) is 21.5. The van der Waals surface area contributed by atoms with E-state index in [0.717, 1.165) is 31.4 Å². The Morgan fingerprint density at radius 3 is 2.63 bits per heavy atom. The minimum atomic E-state index is -4.52. The Morgan fingerprint density at radius 1 is 1.20 bits per heavy atom. The van der Waals surface area contributed by atoms with Crippen molar-refractivity contribution in [2.24, 2.45) is 10.9 Å². The van der Waals surface area contributed by atoms with E-state index in [0.29, 0.717) is 17.5 Å². The van der Waals surface area contributed by atoms with E-state index in [4.69, 9.17) is 0 Å². The number of anilines is 1. The number of fused-ring (bicyclic) bond motifs is 1. The van der Waals surface area contributed by atoms with Gasteiger partial charge in [0.15, 0.2) is 15.0 Å². The first kappa shape index (κ1) is 21.7. The van der Waals surface area contributed by atoms with Crippen LogP contribution in [0.3, 0.4) is 0 Å². The molecule has 2 aliphatic heterocycles. The lowest BCUT2D eigenvalue weighted by atomic mass is 10.0. The highest BCUT2D eigenvalue weighted by molar-refractivity contribution is 8.16.